The fourth-order valence-electron chi connectivity index (χ4n) is 1.57. The Balaban J connectivity index is 1.74. The molecule has 0 saturated heterocycles. The maximum Gasteiger partial charge on any atom is 0.212 e. The molecule has 0 aromatic rings. The molecular weight excluding hydrogens is 244 g/mol. The van der Waals surface area contributed by atoms with Gasteiger partial charge in [-0.25, -0.2) is 10.9 Å². The SMILES string of the molecule is CC(/C=N/NC1=NCCCN1)=N/NC1=NCCCN1. The molecule has 4 N–H and O–H groups in total. The number of aliphatic imine (C=N–C) groups is 2. The van der Waals surface area contributed by atoms with Crippen molar-refractivity contribution in [3.05, 3.63) is 0 Å². The average molecular weight is 264 g/mol. The first-order valence-corrected chi connectivity index (χ1v) is 6.50. The Hall–Kier alpha value is -2.12. The number of rotatable bonds is 3. The highest BCUT2D eigenvalue weighted by atomic mass is 15.4. The number of hydrazone groups is 2. The molecule has 0 fully saturated rings. The number of hydrogen-bond donors (Lipinski definition) is 4. The summed E-state index contributed by atoms with van der Waals surface area (Å²) in [6.07, 6.45) is 3.76. The van der Waals surface area contributed by atoms with E-state index in [1.54, 1.807) is 6.21 Å². The van der Waals surface area contributed by atoms with Crippen LogP contribution in [0, 0.1) is 0 Å². The first-order chi connectivity index (χ1) is 9.34. The van der Waals surface area contributed by atoms with Gasteiger partial charge in [-0.3, -0.25) is 9.98 Å². The number of nitrogens with one attached hydrogen (secondary N) is 4. The van der Waals surface area contributed by atoms with Gasteiger partial charge in [0.25, 0.3) is 0 Å². The minimum Gasteiger partial charge on any atom is -0.355 e. The molecule has 0 aromatic carbocycles. The lowest BCUT2D eigenvalue weighted by Gasteiger charge is -2.13. The molecule has 0 aromatic heterocycles. The first kappa shape index (κ1) is 13.3. The van der Waals surface area contributed by atoms with E-state index in [1.807, 2.05) is 6.92 Å². The largest absolute Gasteiger partial charge is 0.355 e. The van der Waals surface area contributed by atoms with Crippen molar-refractivity contribution in [3.63, 3.8) is 0 Å². The minimum atomic E-state index is 0.710. The third-order valence-corrected chi connectivity index (χ3v) is 2.55. The molecule has 2 heterocycles. The van der Waals surface area contributed by atoms with Crippen LogP contribution >= 0.6 is 0 Å². The van der Waals surface area contributed by atoms with Crippen LogP contribution in [0.25, 0.3) is 0 Å². The van der Waals surface area contributed by atoms with Gasteiger partial charge in [-0.15, -0.1) is 0 Å². The van der Waals surface area contributed by atoms with Crippen molar-refractivity contribution in [1.29, 1.82) is 0 Å². The molecular formula is C11H20N8. The van der Waals surface area contributed by atoms with Crippen molar-refractivity contribution in [2.24, 2.45) is 20.2 Å². The maximum absolute atomic E-state index is 4.25. The van der Waals surface area contributed by atoms with Crippen LogP contribution in [-0.4, -0.2) is 50.0 Å². The number of guanidine groups is 2. The van der Waals surface area contributed by atoms with Gasteiger partial charge in [0, 0.05) is 26.2 Å². The van der Waals surface area contributed by atoms with Crippen LogP contribution in [0.15, 0.2) is 20.2 Å². The fourth-order valence-corrected chi connectivity index (χ4v) is 1.57. The standard InChI is InChI=1S/C11H20N8/c1-9(17-19-11-14-6-3-7-15-11)8-16-18-10-12-4-2-5-13-10/h8H,2-7H2,1H3,(H2,12,13,18)(H2,14,15,19)/b16-8+,17-9-. The predicted molar refractivity (Wildman–Crippen MR) is 77.7 cm³/mol. The molecule has 0 spiro atoms. The van der Waals surface area contributed by atoms with E-state index in [2.05, 4.69) is 41.7 Å². The number of nitrogens with zero attached hydrogens (tertiary/aromatic N) is 4. The van der Waals surface area contributed by atoms with Crippen molar-refractivity contribution < 1.29 is 0 Å². The quantitative estimate of drug-likeness (QED) is 0.397. The molecule has 0 saturated carbocycles. The second-order valence-corrected chi connectivity index (χ2v) is 4.26. The molecule has 0 atom stereocenters. The fraction of sp³-hybridized carbons (Fsp3) is 0.636. The smallest absolute Gasteiger partial charge is 0.212 e. The molecule has 2 rings (SSSR count). The van der Waals surface area contributed by atoms with E-state index in [-0.39, 0.29) is 0 Å². The van der Waals surface area contributed by atoms with E-state index in [0.29, 0.717) is 11.9 Å². The molecule has 104 valence electrons. The molecule has 0 bridgehead atoms. The zero-order chi connectivity index (χ0) is 13.3. The zero-order valence-corrected chi connectivity index (χ0v) is 11.1. The Bertz CT molecular complexity index is 409. The Morgan fingerprint density at radius 2 is 1.74 bits per heavy atom. The zero-order valence-electron chi connectivity index (χ0n) is 11.1. The Kier molecular flexibility index (Phi) is 5.15. The van der Waals surface area contributed by atoms with E-state index in [9.17, 15) is 0 Å². The summed E-state index contributed by atoms with van der Waals surface area (Å²) in [5.74, 6) is 1.42. The Morgan fingerprint density at radius 1 is 1.11 bits per heavy atom. The van der Waals surface area contributed by atoms with E-state index in [1.165, 1.54) is 0 Å². The van der Waals surface area contributed by atoms with E-state index in [0.717, 1.165) is 44.7 Å². The van der Waals surface area contributed by atoms with Gasteiger partial charge in [0.1, 0.15) is 0 Å². The van der Waals surface area contributed by atoms with Crippen molar-refractivity contribution in [3.8, 4) is 0 Å². The molecule has 8 heteroatoms. The molecule has 8 nitrogen and oxygen atoms in total. The van der Waals surface area contributed by atoms with E-state index in [4.69, 9.17) is 0 Å². The highest BCUT2D eigenvalue weighted by Crippen LogP contribution is 1.87. The van der Waals surface area contributed by atoms with Crippen LogP contribution in [0.4, 0.5) is 0 Å². The summed E-state index contributed by atoms with van der Waals surface area (Å²) in [6, 6.07) is 0. The molecule has 19 heavy (non-hydrogen) atoms. The lowest BCUT2D eigenvalue weighted by molar-refractivity contribution is 0.710. The second-order valence-electron chi connectivity index (χ2n) is 4.26. The van der Waals surface area contributed by atoms with E-state index >= 15 is 0 Å². The topological polar surface area (TPSA) is 97.6 Å². The van der Waals surface area contributed by atoms with Gasteiger partial charge in [0.05, 0.1) is 11.9 Å². The van der Waals surface area contributed by atoms with Crippen molar-refractivity contribution in [1.82, 2.24) is 21.5 Å². The lowest BCUT2D eigenvalue weighted by Crippen LogP contribution is -2.39. The Morgan fingerprint density at radius 3 is 2.32 bits per heavy atom. The van der Waals surface area contributed by atoms with Crippen LogP contribution in [0.1, 0.15) is 19.8 Å². The van der Waals surface area contributed by atoms with Gasteiger partial charge < -0.3 is 10.6 Å². The van der Waals surface area contributed by atoms with Gasteiger partial charge >= 0.3 is 0 Å². The maximum atomic E-state index is 4.25. The van der Waals surface area contributed by atoms with Gasteiger partial charge in [-0.05, 0) is 19.8 Å². The molecule has 2 aliphatic heterocycles. The summed E-state index contributed by atoms with van der Waals surface area (Å²) in [5, 5.41) is 14.5. The predicted octanol–water partition coefficient (Wildman–Crippen LogP) is -0.774. The minimum absolute atomic E-state index is 0.710. The summed E-state index contributed by atoms with van der Waals surface area (Å²) in [5.41, 5.74) is 6.47. The van der Waals surface area contributed by atoms with Crippen molar-refractivity contribution in [2.45, 2.75) is 19.8 Å². The van der Waals surface area contributed by atoms with Crippen LogP contribution < -0.4 is 21.5 Å². The van der Waals surface area contributed by atoms with Crippen LogP contribution in [0.5, 0.6) is 0 Å². The highest BCUT2D eigenvalue weighted by Gasteiger charge is 2.02. The molecule has 2 aliphatic rings. The average Bonchev–Trinajstić information content (AvgIpc) is 2.47. The molecule has 0 unspecified atom stereocenters. The summed E-state index contributed by atoms with van der Waals surface area (Å²) in [6.45, 7) is 5.40. The van der Waals surface area contributed by atoms with Gasteiger partial charge in [0.2, 0.25) is 11.9 Å². The van der Waals surface area contributed by atoms with Crippen LogP contribution in [0.3, 0.4) is 0 Å². The van der Waals surface area contributed by atoms with Gasteiger partial charge in [-0.1, -0.05) is 0 Å². The van der Waals surface area contributed by atoms with Crippen LogP contribution in [0.2, 0.25) is 0 Å². The summed E-state index contributed by atoms with van der Waals surface area (Å²) in [7, 11) is 0. The normalized spacial score (nSPS) is 20.2. The summed E-state index contributed by atoms with van der Waals surface area (Å²) >= 11 is 0. The third-order valence-electron chi connectivity index (χ3n) is 2.55. The number of hydrogen-bond acceptors (Lipinski definition) is 8. The monoisotopic (exact) mass is 264 g/mol. The summed E-state index contributed by atoms with van der Waals surface area (Å²) < 4.78 is 0. The second kappa shape index (κ2) is 7.34. The molecule has 0 radical (unpaired) electrons. The van der Waals surface area contributed by atoms with Gasteiger partial charge in [0.15, 0.2) is 0 Å². The first-order valence-electron chi connectivity index (χ1n) is 6.50. The highest BCUT2D eigenvalue weighted by molar-refractivity contribution is 6.29. The van der Waals surface area contributed by atoms with Gasteiger partial charge in [-0.2, -0.15) is 10.2 Å². The van der Waals surface area contributed by atoms with Crippen molar-refractivity contribution in [2.75, 3.05) is 26.2 Å². The summed E-state index contributed by atoms with van der Waals surface area (Å²) in [4.78, 5) is 8.50. The van der Waals surface area contributed by atoms with E-state index < -0.39 is 0 Å². The third kappa shape index (κ3) is 4.94. The Labute approximate surface area is 112 Å². The molecule has 0 aliphatic carbocycles. The molecule has 0 amide bonds. The lowest BCUT2D eigenvalue weighted by atomic mass is 10.4. The van der Waals surface area contributed by atoms with Crippen LogP contribution in [-0.2, 0) is 0 Å². The van der Waals surface area contributed by atoms with Crippen molar-refractivity contribution >= 4 is 23.8 Å².